The minimum Gasteiger partial charge on any atom is -0.330 e. The van der Waals surface area contributed by atoms with Crippen molar-refractivity contribution in [2.75, 3.05) is 6.54 Å². The van der Waals surface area contributed by atoms with E-state index in [1.165, 1.54) is 17.7 Å². The van der Waals surface area contributed by atoms with Gasteiger partial charge in [0.05, 0.1) is 0 Å². The zero-order valence-electron chi connectivity index (χ0n) is 12.2. The lowest BCUT2D eigenvalue weighted by molar-refractivity contribution is 0.627. The summed E-state index contributed by atoms with van der Waals surface area (Å²) < 4.78 is 13.2. The lowest BCUT2D eigenvalue weighted by Gasteiger charge is -2.12. The summed E-state index contributed by atoms with van der Waals surface area (Å²) in [5, 5.41) is 0. The Kier molecular flexibility index (Phi) is 4.45. The molecule has 0 radical (unpaired) electrons. The molecule has 4 heteroatoms. The van der Waals surface area contributed by atoms with E-state index in [0.717, 1.165) is 35.4 Å². The Morgan fingerprint density at radius 3 is 2.30 bits per heavy atom. The molecule has 0 aliphatic carbocycles. The van der Waals surface area contributed by atoms with Crippen LogP contribution in [-0.4, -0.2) is 16.5 Å². The van der Waals surface area contributed by atoms with E-state index in [2.05, 4.69) is 9.97 Å². The van der Waals surface area contributed by atoms with E-state index in [1.807, 2.05) is 20.8 Å². The van der Waals surface area contributed by atoms with Gasteiger partial charge in [0.2, 0.25) is 0 Å². The normalized spacial score (nSPS) is 10.8. The Bertz CT molecular complexity index is 600. The van der Waals surface area contributed by atoms with E-state index < -0.39 is 0 Å². The largest absolute Gasteiger partial charge is 0.330 e. The summed E-state index contributed by atoms with van der Waals surface area (Å²) in [6.07, 6.45) is 1.83. The molecular formula is C16H20FN3. The minimum absolute atomic E-state index is 0.237. The van der Waals surface area contributed by atoms with Crippen LogP contribution in [0.3, 0.4) is 0 Å². The lowest BCUT2D eigenvalue weighted by Crippen LogP contribution is -2.07. The number of hydrogen-bond acceptors (Lipinski definition) is 3. The fourth-order valence-corrected chi connectivity index (χ4v) is 2.38. The Hall–Kier alpha value is -1.81. The fraction of sp³-hybridized carbons (Fsp3) is 0.375. The topological polar surface area (TPSA) is 51.8 Å². The molecule has 2 N–H and O–H groups in total. The molecule has 0 aliphatic heterocycles. The summed E-state index contributed by atoms with van der Waals surface area (Å²) >= 11 is 0. The minimum atomic E-state index is -0.237. The maximum Gasteiger partial charge on any atom is 0.159 e. The average Bonchev–Trinajstić information content (AvgIpc) is 2.37. The smallest absolute Gasteiger partial charge is 0.159 e. The molecule has 2 rings (SSSR count). The van der Waals surface area contributed by atoms with Crippen molar-refractivity contribution in [3.05, 3.63) is 46.5 Å². The van der Waals surface area contributed by atoms with Gasteiger partial charge in [0.25, 0.3) is 0 Å². The highest BCUT2D eigenvalue weighted by Crippen LogP contribution is 2.23. The Morgan fingerprint density at radius 1 is 1.10 bits per heavy atom. The number of halogens is 1. The molecular weight excluding hydrogens is 253 g/mol. The van der Waals surface area contributed by atoms with Crippen LogP contribution in [0.2, 0.25) is 0 Å². The number of nitrogens with two attached hydrogens (primary N) is 1. The van der Waals surface area contributed by atoms with E-state index in [4.69, 9.17) is 5.73 Å². The van der Waals surface area contributed by atoms with E-state index >= 15 is 0 Å². The predicted octanol–water partition coefficient (Wildman–Crippen LogP) is 3.10. The highest BCUT2D eigenvalue weighted by atomic mass is 19.1. The van der Waals surface area contributed by atoms with Gasteiger partial charge < -0.3 is 5.73 Å². The predicted molar refractivity (Wildman–Crippen MR) is 79.0 cm³/mol. The van der Waals surface area contributed by atoms with Crippen LogP contribution in [0.4, 0.5) is 4.39 Å². The maximum atomic E-state index is 13.2. The van der Waals surface area contributed by atoms with Crippen molar-refractivity contribution in [3.8, 4) is 11.4 Å². The third-order valence-electron chi connectivity index (χ3n) is 3.48. The van der Waals surface area contributed by atoms with Gasteiger partial charge in [-0.05, 0) is 69.5 Å². The molecule has 0 bridgehead atoms. The molecule has 0 spiro atoms. The van der Waals surface area contributed by atoms with E-state index in [-0.39, 0.29) is 5.82 Å². The number of benzene rings is 1. The number of rotatable bonds is 4. The van der Waals surface area contributed by atoms with E-state index in [9.17, 15) is 4.39 Å². The second kappa shape index (κ2) is 6.09. The molecule has 3 nitrogen and oxygen atoms in total. The Morgan fingerprint density at radius 2 is 1.75 bits per heavy atom. The quantitative estimate of drug-likeness (QED) is 0.931. The highest BCUT2D eigenvalue weighted by Gasteiger charge is 2.11. The molecule has 0 fully saturated rings. The van der Waals surface area contributed by atoms with E-state index in [0.29, 0.717) is 12.4 Å². The van der Waals surface area contributed by atoms with Gasteiger partial charge in [-0.3, -0.25) is 0 Å². The second-order valence-corrected chi connectivity index (χ2v) is 5.05. The van der Waals surface area contributed by atoms with Crippen LogP contribution in [0.5, 0.6) is 0 Å². The van der Waals surface area contributed by atoms with Gasteiger partial charge in [-0.25, -0.2) is 14.4 Å². The first-order valence-corrected chi connectivity index (χ1v) is 6.83. The van der Waals surface area contributed by atoms with Crippen molar-refractivity contribution in [1.82, 2.24) is 9.97 Å². The zero-order chi connectivity index (χ0) is 14.7. The van der Waals surface area contributed by atoms with Gasteiger partial charge in [-0.15, -0.1) is 0 Å². The molecule has 20 heavy (non-hydrogen) atoms. The summed E-state index contributed by atoms with van der Waals surface area (Å²) in [6, 6.07) is 4.68. The first-order chi connectivity index (χ1) is 9.52. The molecule has 0 saturated carbocycles. The zero-order valence-corrected chi connectivity index (χ0v) is 12.2. The van der Waals surface area contributed by atoms with Crippen molar-refractivity contribution in [1.29, 1.82) is 0 Å². The first kappa shape index (κ1) is 14.6. The van der Waals surface area contributed by atoms with Crippen LogP contribution in [0, 0.1) is 26.6 Å². The first-order valence-electron chi connectivity index (χ1n) is 6.83. The third kappa shape index (κ3) is 3.02. The molecule has 0 aliphatic rings. The number of aryl methyl sites for hydroxylation is 3. The highest BCUT2D eigenvalue weighted by molar-refractivity contribution is 5.60. The van der Waals surface area contributed by atoms with Gasteiger partial charge in [0.15, 0.2) is 5.82 Å². The van der Waals surface area contributed by atoms with Crippen LogP contribution in [0.15, 0.2) is 18.2 Å². The van der Waals surface area contributed by atoms with Gasteiger partial charge in [0.1, 0.15) is 5.82 Å². The molecule has 1 aromatic heterocycles. The van der Waals surface area contributed by atoms with Crippen molar-refractivity contribution in [2.45, 2.75) is 33.6 Å². The Labute approximate surface area is 119 Å². The lowest BCUT2D eigenvalue weighted by atomic mass is 10.0. The summed E-state index contributed by atoms with van der Waals surface area (Å²) in [5.41, 5.74) is 10.4. The summed E-state index contributed by atoms with van der Waals surface area (Å²) in [7, 11) is 0. The second-order valence-electron chi connectivity index (χ2n) is 5.05. The molecule has 2 aromatic rings. The van der Waals surface area contributed by atoms with Gasteiger partial charge in [-0.2, -0.15) is 0 Å². The van der Waals surface area contributed by atoms with Crippen LogP contribution < -0.4 is 5.73 Å². The fourth-order valence-electron chi connectivity index (χ4n) is 2.38. The molecule has 1 aromatic carbocycles. The molecule has 0 saturated heterocycles. The van der Waals surface area contributed by atoms with E-state index in [1.54, 1.807) is 6.07 Å². The monoisotopic (exact) mass is 273 g/mol. The number of nitrogens with zero attached hydrogens (tertiary/aromatic N) is 2. The summed E-state index contributed by atoms with van der Waals surface area (Å²) in [6.45, 7) is 6.51. The van der Waals surface area contributed by atoms with Crippen molar-refractivity contribution >= 4 is 0 Å². The van der Waals surface area contributed by atoms with Crippen LogP contribution in [0.1, 0.15) is 28.9 Å². The summed E-state index contributed by atoms with van der Waals surface area (Å²) in [4.78, 5) is 9.15. The van der Waals surface area contributed by atoms with Gasteiger partial charge in [-0.1, -0.05) is 0 Å². The summed E-state index contributed by atoms with van der Waals surface area (Å²) in [5.74, 6) is 0.424. The Balaban J connectivity index is 2.44. The number of hydrogen-bond donors (Lipinski definition) is 1. The van der Waals surface area contributed by atoms with Crippen LogP contribution in [0.25, 0.3) is 11.4 Å². The van der Waals surface area contributed by atoms with Crippen molar-refractivity contribution in [2.24, 2.45) is 5.73 Å². The third-order valence-corrected chi connectivity index (χ3v) is 3.48. The molecule has 0 unspecified atom stereocenters. The van der Waals surface area contributed by atoms with Crippen LogP contribution >= 0.6 is 0 Å². The maximum absolute atomic E-state index is 13.2. The number of aromatic nitrogens is 2. The van der Waals surface area contributed by atoms with Crippen molar-refractivity contribution in [3.63, 3.8) is 0 Å². The molecule has 0 atom stereocenters. The standard InChI is InChI=1S/C16H20FN3/c1-10-9-13(17)6-7-14(10)16-19-11(2)15(5-4-8-18)12(3)20-16/h6-7,9H,4-5,8,18H2,1-3H3. The molecule has 106 valence electrons. The van der Waals surface area contributed by atoms with Crippen molar-refractivity contribution < 1.29 is 4.39 Å². The van der Waals surface area contributed by atoms with Gasteiger partial charge >= 0.3 is 0 Å². The van der Waals surface area contributed by atoms with Crippen LogP contribution in [-0.2, 0) is 6.42 Å². The van der Waals surface area contributed by atoms with Gasteiger partial charge in [0, 0.05) is 17.0 Å². The average molecular weight is 273 g/mol. The molecule has 0 amide bonds. The molecule has 1 heterocycles. The SMILES string of the molecule is Cc1cc(F)ccc1-c1nc(C)c(CCCN)c(C)n1.